The molecule has 2 aromatic rings. The van der Waals surface area contributed by atoms with E-state index in [1.165, 1.54) is 6.07 Å². The number of halogens is 6. The van der Waals surface area contributed by atoms with Crippen LogP contribution in [0.5, 0.6) is 0 Å². The first-order valence-electron chi connectivity index (χ1n) is 9.15. The zero-order valence-electron chi connectivity index (χ0n) is 15.4. The molecule has 3 rings (SSSR count). The summed E-state index contributed by atoms with van der Waals surface area (Å²) in [5.74, 6) is 0. The predicted octanol–water partition coefficient (Wildman–Crippen LogP) is 4.46. The molecule has 1 aliphatic rings. The largest absolute Gasteiger partial charge is 0.433 e. The van der Waals surface area contributed by atoms with Crippen LogP contribution in [0.4, 0.5) is 26.3 Å². The van der Waals surface area contributed by atoms with Gasteiger partial charge < -0.3 is 15.2 Å². The molecule has 0 bridgehead atoms. The molecule has 29 heavy (non-hydrogen) atoms. The van der Waals surface area contributed by atoms with Gasteiger partial charge in [-0.05, 0) is 44.0 Å². The van der Waals surface area contributed by atoms with Crippen molar-refractivity contribution in [1.29, 1.82) is 0 Å². The van der Waals surface area contributed by atoms with Crippen LogP contribution in [0.15, 0.2) is 24.3 Å². The second-order valence-corrected chi connectivity index (χ2v) is 6.85. The SMILES string of the molecule is CCOC1CCCNC1C(O)c1cc(C(F)(F)F)nc2c(C(F)(F)F)cccc12. The molecule has 0 amide bonds. The number of hydrogen-bond acceptors (Lipinski definition) is 4. The third-order valence-corrected chi connectivity index (χ3v) is 4.95. The summed E-state index contributed by atoms with van der Waals surface area (Å²) >= 11 is 0. The standard InChI is InChI=1S/C19H20F6N2O2/c1-2-29-13-7-4-8-26-16(13)17(28)11-9-14(19(23,24)25)27-15-10(11)5-3-6-12(15)18(20,21)22/h3,5-6,9,13,16-17,26,28H,2,4,7-8H2,1H3. The lowest BCUT2D eigenvalue weighted by Crippen LogP contribution is -2.49. The number of fused-ring (bicyclic) bond motifs is 1. The number of alkyl halides is 6. The van der Waals surface area contributed by atoms with Gasteiger partial charge in [0.2, 0.25) is 0 Å². The van der Waals surface area contributed by atoms with Crippen molar-refractivity contribution in [2.24, 2.45) is 0 Å². The van der Waals surface area contributed by atoms with Crippen LogP contribution >= 0.6 is 0 Å². The molecule has 0 spiro atoms. The van der Waals surface area contributed by atoms with Gasteiger partial charge in [0.1, 0.15) is 5.69 Å². The normalized spacial score (nSPS) is 22.1. The van der Waals surface area contributed by atoms with Crippen LogP contribution in [0.1, 0.15) is 42.7 Å². The number of rotatable bonds is 4. The first kappa shape index (κ1) is 21.8. The molecule has 2 heterocycles. The maximum Gasteiger partial charge on any atom is 0.433 e. The van der Waals surface area contributed by atoms with Crippen LogP contribution in [0, 0.1) is 0 Å². The molecule has 160 valence electrons. The number of para-hydroxylation sites is 1. The quantitative estimate of drug-likeness (QED) is 0.715. The highest BCUT2D eigenvalue weighted by Crippen LogP contribution is 2.40. The third kappa shape index (κ3) is 4.49. The molecule has 1 aromatic heterocycles. The smallest absolute Gasteiger partial charge is 0.387 e. The van der Waals surface area contributed by atoms with E-state index in [0.29, 0.717) is 31.7 Å². The summed E-state index contributed by atoms with van der Waals surface area (Å²) in [5.41, 5.74) is -3.88. The number of aliphatic hydroxyl groups excluding tert-OH is 1. The van der Waals surface area contributed by atoms with Gasteiger partial charge in [0.25, 0.3) is 0 Å². The molecule has 1 aliphatic heterocycles. The number of aromatic nitrogens is 1. The number of benzene rings is 1. The lowest BCUT2D eigenvalue weighted by Gasteiger charge is -2.36. The minimum atomic E-state index is -4.97. The van der Waals surface area contributed by atoms with Crippen molar-refractivity contribution >= 4 is 10.9 Å². The van der Waals surface area contributed by atoms with E-state index in [0.717, 1.165) is 12.5 Å². The van der Waals surface area contributed by atoms with Gasteiger partial charge in [-0.3, -0.25) is 0 Å². The number of ether oxygens (including phenoxy) is 1. The van der Waals surface area contributed by atoms with Crippen LogP contribution in [0.3, 0.4) is 0 Å². The molecule has 1 saturated heterocycles. The van der Waals surface area contributed by atoms with Crippen LogP contribution in [0.2, 0.25) is 0 Å². The fraction of sp³-hybridized carbons (Fsp3) is 0.526. The van der Waals surface area contributed by atoms with E-state index in [-0.39, 0.29) is 10.9 Å². The average Bonchev–Trinajstić information content (AvgIpc) is 2.65. The van der Waals surface area contributed by atoms with E-state index in [2.05, 4.69) is 10.3 Å². The maximum atomic E-state index is 13.4. The van der Waals surface area contributed by atoms with Gasteiger partial charge in [-0.2, -0.15) is 26.3 Å². The van der Waals surface area contributed by atoms with Crippen molar-refractivity contribution in [3.63, 3.8) is 0 Å². The monoisotopic (exact) mass is 422 g/mol. The van der Waals surface area contributed by atoms with Gasteiger partial charge in [-0.25, -0.2) is 4.98 Å². The molecular weight excluding hydrogens is 402 g/mol. The first-order chi connectivity index (χ1) is 13.5. The molecule has 1 fully saturated rings. The Morgan fingerprint density at radius 3 is 2.55 bits per heavy atom. The molecule has 0 aliphatic carbocycles. The van der Waals surface area contributed by atoms with Crippen LogP contribution in [-0.2, 0) is 17.1 Å². The summed E-state index contributed by atoms with van der Waals surface area (Å²) in [5, 5.41) is 13.7. The third-order valence-electron chi connectivity index (χ3n) is 4.95. The van der Waals surface area contributed by atoms with E-state index in [9.17, 15) is 31.4 Å². The lowest BCUT2D eigenvalue weighted by atomic mass is 9.89. The minimum absolute atomic E-state index is 0.178. The Morgan fingerprint density at radius 1 is 1.21 bits per heavy atom. The minimum Gasteiger partial charge on any atom is -0.387 e. The zero-order valence-corrected chi connectivity index (χ0v) is 15.4. The molecule has 10 heteroatoms. The van der Waals surface area contributed by atoms with E-state index in [1.54, 1.807) is 6.92 Å². The number of aliphatic hydroxyl groups is 1. The number of pyridine rings is 1. The number of hydrogen-bond donors (Lipinski definition) is 2. The fourth-order valence-electron chi connectivity index (χ4n) is 3.69. The van der Waals surface area contributed by atoms with Crippen molar-refractivity contribution in [2.45, 2.75) is 50.4 Å². The summed E-state index contributed by atoms with van der Waals surface area (Å²) in [6.45, 7) is 2.59. The molecule has 3 atom stereocenters. The molecule has 0 radical (unpaired) electrons. The number of piperidine rings is 1. The van der Waals surface area contributed by atoms with Crippen molar-refractivity contribution in [2.75, 3.05) is 13.2 Å². The average molecular weight is 422 g/mol. The Hall–Kier alpha value is -1.91. The van der Waals surface area contributed by atoms with Crippen molar-refractivity contribution in [1.82, 2.24) is 10.3 Å². The van der Waals surface area contributed by atoms with Gasteiger partial charge in [0.15, 0.2) is 0 Å². The van der Waals surface area contributed by atoms with Crippen LogP contribution < -0.4 is 5.32 Å². The second-order valence-electron chi connectivity index (χ2n) is 6.85. The topological polar surface area (TPSA) is 54.4 Å². The van der Waals surface area contributed by atoms with Crippen LogP contribution in [0.25, 0.3) is 10.9 Å². The molecular formula is C19H20F6N2O2. The number of nitrogens with zero attached hydrogens (tertiary/aromatic N) is 1. The Kier molecular flexibility index (Phi) is 6.07. The molecule has 0 saturated carbocycles. The van der Waals surface area contributed by atoms with E-state index < -0.39 is 47.4 Å². The van der Waals surface area contributed by atoms with E-state index >= 15 is 0 Å². The molecule has 4 nitrogen and oxygen atoms in total. The van der Waals surface area contributed by atoms with Crippen molar-refractivity contribution in [3.05, 3.63) is 41.1 Å². The van der Waals surface area contributed by atoms with Gasteiger partial charge in [0, 0.05) is 12.0 Å². The highest BCUT2D eigenvalue weighted by atomic mass is 19.4. The van der Waals surface area contributed by atoms with E-state index in [4.69, 9.17) is 4.74 Å². The van der Waals surface area contributed by atoms with Gasteiger partial charge in [0.05, 0.1) is 29.3 Å². The van der Waals surface area contributed by atoms with E-state index in [1.807, 2.05) is 0 Å². The maximum absolute atomic E-state index is 13.4. The van der Waals surface area contributed by atoms with Crippen molar-refractivity contribution < 1.29 is 36.2 Å². The summed E-state index contributed by atoms with van der Waals surface area (Å²) in [6.07, 6.45) is -10.5. The summed E-state index contributed by atoms with van der Waals surface area (Å²) < 4.78 is 85.8. The Labute approximate surface area is 162 Å². The summed E-state index contributed by atoms with van der Waals surface area (Å²) in [4.78, 5) is 3.25. The Bertz CT molecular complexity index is 866. The lowest BCUT2D eigenvalue weighted by molar-refractivity contribution is -0.142. The number of nitrogens with one attached hydrogen (secondary N) is 1. The van der Waals surface area contributed by atoms with Gasteiger partial charge >= 0.3 is 12.4 Å². The highest BCUT2D eigenvalue weighted by Gasteiger charge is 2.40. The summed E-state index contributed by atoms with van der Waals surface area (Å²) in [7, 11) is 0. The fourth-order valence-corrected chi connectivity index (χ4v) is 3.69. The summed E-state index contributed by atoms with van der Waals surface area (Å²) in [6, 6.07) is 2.85. The second kappa shape index (κ2) is 8.08. The predicted molar refractivity (Wildman–Crippen MR) is 93.1 cm³/mol. The van der Waals surface area contributed by atoms with Gasteiger partial charge in [-0.1, -0.05) is 12.1 Å². The Balaban J connectivity index is 2.20. The molecule has 3 unspecified atom stereocenters. The zero-order chi connectivity index (χ0) is 21.4. The highest BCUT2D eigenvalue weighted by molar-refractivity contribution is 5.86. The van der Waals surface area contributed by atoms with Crippen LogP contribution in [-0.4, -0.2) is 35.4 Å². The molecule has 2 N–H and O–H groups in total. The van der Waals surface area contributed by atoms with Gasteiger partial charge in [-0.15, -0.1) is 0 Å². The Morgan fingerprint density at radius 2 is 1.93 bits per heavy atom. The first-order valence-corrected chi connectivity index (χ1v) is 9.15. The van der Waals surface area contributed by atoms with Crippen molar-refractivity contribution in [3.8, 4) is 0 Å². The molecule has 1 aromatic carbocycles.